The molecule has 2 heterocycles. The molecule has 0 aliphatic rings. The summed E-state index contributed by atoms with van der Waals surface area (Å²) in [4.78, 5) is 0. The first-order valence-electron chi connectivity index (χ1n) is 3.13. The first kappa shape index (κ1) is 4.86. The Morgan fingerprint density at radius 2 is 2.11 bits per heavy atom. The normalized spacial score (nSPS) is 11.3. The Balaban J connectivity index is 3.01. The van der Waals surface area contributed by atoms with Gasteiger partial charge in [-0.3, -0.25) is 0 Å². The Kier molecular flexibility index (Phi) is 0.699. The van der Waals surface area contributed by atoms with E-state index in [1.165, 1.54) is 16.6 Å². The molecule has 2 aromatic rings. The highest BCUT2D eigenvalue weighted by molar-refractivity contribution is 5.72. The highest BCUT2D eigenvalue weighted by Gasteiger charge is 2.01. The van der Waals surface area contributed by atoms with Crippen molar-refractivity contribution in [2.75, 3.05) is 0 Å². The minimum Gasteiger partial charge on any atom is -0.344 e. The Morgan fingerprint density at radius 3 is 2.33 bits per heavy atom. The third-order valence-electron chi connectivity index (χ3n) is 1.93. The first-order valence-corrected chi connectivity index (χ1v) is 3.13. The Hall–Kier alpha value is -0.980. The average Bonchev–Trinajstić information content (AvgIpc) is 2.25. The molecule has 0 atom stereocenters. The molecule has 0 radical (unpaired) electrons. The minimum absolute atomic E-state index is 1.32. The van der Waals surface area contributed by atoms with Crippen molar-refractivity contribution in [2.24, 2.45) is 7.05 Å². The number of nitrogens with zero attached hydrogens (tertiary/aromatic N) is 1. The largest absolute Gasteiger partial charge is 0.344 e. The van der Waals surface area contributed by atoms with Gasteiger partial charge >= 0.3 is 0 Å². The van der Waals surface area contributed by atoms with Gasteiger partial charge in [0.1, 0.15) is 0 Å². The molecule has 0 amide bonds. The van der Waals surface area contributed by atoms with Crippen LogP contribution in [0.1, 0.15) is 5.56 Å². The van der Waals surface area contributed by atoms with E-state index in [9.17, 15) is 0 Å². The summed E-state index contributed by atoms with van der Waals surface area (Å²) in [5, 5.41) is 0. The van der Waals surface area contributed by atoms with Crippen molar-refractivity contribution in [3.63, 3.8) is 0 Å². The summed E-state index contributed by atoms with van der Waals surface area (Å²) in [7, 11) is 2.09. The standard InChI is InChI=1S/C8H9N/c1-6-5-7-3-4-8(6)9(7)2/h3-5H,1-2H3. The van der Waals surface area contributed by atoms with Crippen LogP contribution in [0.15, 0.2) is 18.2 Å². The van der Waals surface area contributed by atoms with Crippen LogP contribution in [0.3, 0.4) is 0 Å². The van der Waals surface area contributed by atoms with Gasteiger partial charge in [-0.15, -0.1) is 0 Å². The summed E-state index contributed by atoms with van der Waals surface area (Å²) in [6, 6.07) is 6.50. The monoisotopic (exact) mass is 119 g/mol. The second kappa shape index (κ2) is 1.29. The lowest BCUT2D eigenvalue weighted by Gasteiger charge is -1.87. The Bertz CT molecular complexity index is 319. The Morgan fingerprint density at radius 1 is 1.33 bits per heavy atom. The fraction of sp³-hybridized carbons (Fsp3) is 0.250. The topological polar surface area (TPSA) is 4.93 Å². The van der Waals surface area contributed by atoms with Crippen molar-refractivity contribution in [2.45, 2.75) is 6.92 Å². The van der Waals surface area contributed by atoms with E-state index >= 15 is 0 Å². The van der Waals surface area contributed by atoms with Gasteiger partial charge in [0.2, 0.25) is 0 Å². The van der Waals surface area contributed by atoms with Crippen LogP contribution in [0.5, 0.6) is 0 Å². The molecule has 0 aliphatic carbocycles. The molecule has 1 heteroatoms. The lowest BCUT2D eigenvalue weighted by atomic mass is 10.2. The zero-order chi connectivity index (χ0) is 6.43. The molecule has 9 heavy (non-hydrogen) atoms. The van der Waals surface area contributed by atoms with Crippen LogP contribution in [-0.2, 0) is 7.05 Å². The van der Waals surface area contributed by atoms with Gasteiger partial charge in [-0.1, -0.05) is 0 Å². The van der Waals surface area contributed by atoms with Gasteiger partial charge in [0.15, 0.2) is 0 Å². The molecule has 2 rings (SSSR count). The number of rotatable bonds is 0. The summed E-state index contributed by atoms with van der Waals surface area (Å²) in [6.45, 7) is 2.14. The molecule has 0 aromatic carbocycles. The van der Waals surface area contributed by atoms with Crippen molar-refractivity contribution in [3.8, 4) is 0 Å². The lowest BCUT2D eigenvalue weighted by Crippen LogP contribution is -1.79. The molecule has 1 nitrogen and oxygen atoms in total. The summed E-state index contributed by atoms with van der Waals surface area (Å²) in [5.41, 5.74) is 4.06. The third kappa shape index (κ3) is 0.441. The number of aryl methyl sites for hydroxylation is 2. The van der Waals surface area contributed by atoms with Gasteiger partial charge < -0.3 is 4.57 Å². The van der Waals surface area contributed by atoms with Crippen LogP contribution in [0.2, 0.25) is 0 Å². The van der Waals surface area contributed by atoms with E-state index in [-0.39, 0.29) is 0 Å². The predicted molar refractivity (Wildman–Crippen MR) is 38.8 cm³/mol. The smallest absolute Gasteiger partial charge is 0.0439 e. The van der Waals surface area contributed by atoms with Crippen molar-refractivity contribution < 1.29 is 0 Å². The van der Waals surface area contributed by atoms with Gasteiger partial charge in [-0.05, 0) is 30.7 Å². The fourth-order valence-corrected chi connectivity index (χ4v) is 1.36. The minimum atomic E-state index is 1.32. The van der Waals surface area contributed by atoms with E-state index in [2.05, 4.69) is 36.7 Å². The average molecular weight is 119 g/mol. The van der Waals surface area contributed by atoms with E-state index < -0.39 is 0 Å². The number of aromatic nitrogens is 1. The summed E-state index contributed by atoms with van der Waals surface area (Å²) >= 11 is 0. The number of hydrogen-bond donors (Lipinski definition) is 0. The molecular weight excluding hydrogens is 110 g/mol. The number of hydrogen-bond acceptors (Lipinski definition) is 0. The molecule has 0 fully saturated rings. The highest BCUT2D eigenvalue weighted by Crippen LogP contribution is 2.19. The summed E-state index contributed by atoms with van der Waals surface area (Å²) < 4.78 is 2.20. The van der Waals surface area contributed by atoms with Crippen molar-refractivity contribution in [1.82, 2.24) is 4.57 Å². The van der Waals surface area contributed by atoms with E-state index in [1.807, 2.05) is 0 Å². The molecule has 0 spiro atoms. The zero-order valence-electron chi connectivity index (χ0n) is 5.68. The molecule has 0 N–H and O–H groups in total. The predicted octanol–water partition coefficient (Wildman–Crippen LogP) is 1.92. The van der Waals surface area contributed by atoms with Gasteiger partial charge in [-0.2, -0.15) is 0 Å². The van der Waals surface area contributed by atoms with Gasteiger partial charge in [0, 0.05) is 18.1 Å². The maximum atomic E-state index is 2.20. The molecule has 0 saturated heterocycles. The molecule has 2 aromatic heterocycles. The lowest BCUT2D eigenvalue weighted by molar-refractivity contribution is 1.02. The SMILES string of the molecule is Cc1cc2ccc1n2C. The highest BCUT2D eigenvalue weighted by atomic mass is 14.9. The van der Waals surface area contributed by atoms with E-state index in [4.69, 9.17) is 0 Å². The van der Waals surface area contributed by atoms with Crippen LogP contribution in [0.25, 0.3) is 11.0 Å². The van der Waals surface area contributed by atoms with Crippen LogP contribution in [0.4, 0.5) is 0 Å². The van der Waals surface area contributed by atoms with Gasteiger partial charge in [0.25, 0.3) is 0 Å². The van der Waals surface area contributed by atoms with Crippen LogP contribution < -0.4 is 0 Å². The molecule has 46 valence electrons. The van der Waals surface area contributed by atoms with E-state index in [0.717, 1.165) is 0 Å². The number of fused-ring (bicyclic) bond motifs is 2. The quantitative estimate of drug-likeness (QED) is 0.499. The van der Waals surface area contributed by atoms with Crippen LogP contribution in [0, 0.1) is 6.92 Å². The molecular formula is C8H9N. The number of benzene rings is 1. The molecule has 0 saturated carbocycles. The maximum Gasteiger partial charge on any atom is 0.0439 e. The summed E-state index contributed by atoms with van der Waals surface area (Å²) in [6.07, 6.45) is 0. The van der Waals surface area contributed by atoms with Gasteiger partial charge in [0.05, 0.1) is 0 Å². The summed E-state index contributed by atoms with van der Waals surface area (Å²) in [5.74, 6) is 0. The zero-order valence-corrected chi connectivity index (χ0v) is 5.68. The fourth-order valence-electron chi connectivity index (χ4n) is 1.36. The first-order chi connectivity index (χ1) is 4.29. The maximum absolute atomic E-state index is 2.20. The van der Waals surface area contributed by atoms with Crippen LogP contribution >= 0.6 is 0 Å². The van der Waals surface area contributed by atoms with E-state index in [1.54, 1.807) is 0 Å². The second-order valence-electron chi connectivity index (χ2n) is 2.53. The van der Waals surface area contributed by atoms with Crippen molar-refractivity contribution in [3.05, 3.63) is 23.8 Å². The third-order valence-corrected chi connectivity index (χ3v) is 1.93. The van der Waals surface area contributed by atoms with Gasteiger partial charge in [-0.25, -0.2) is 0 Å². The van der Waals surface area contributed by atoms with E-state index in [0.29, 0.717) is 0 Å². The van der Waals surface area contributed by atoms with Crippen molar-refractivity contribution in [1.29, 1.82) is 0 Å². The Labute approximate surface area is 54.2 Å². The second-order valence-corrected chi connectivity index (χ2v) is 2.53. The molecule has 0 aliphatic heterocycles. The molecule has 2 bridgehead atoms. The van der Waals surface area contributed by atoms with Crippen molar-refractivity contribution >= 4 is 11.0 Å². The molecule has 0 unspecified atom stereocenters. The van der Waals surface area contributed by atoms with Crippen LogP contribution in [-0.4, -0.2) is 4.57 Å².